The van der Waals surface area contributed by atoms with Crippen molar-refractivity contribution in [3.63, 3.8) is 0 Å². The molecule has 0 radical (unpaired) electrons. The van der Waals surface area contributed by atoms with Crippen LogP contribution in [0, 0.1) is 11.8 Å². The molecule has 13 heavy (non-hydrogen) atoms. The molecule has 0 aromatic carbocycles. The van der Waals surface area contributed by atoms with Crippen LogP contribution in [-0.2, 0) is 4.74 Å². The summed E-state index contributed by atoms with van der Waals surface area (Å²) in [5, 5.41) is 0. The van der Waals surface area contributed by atoms with Crippen LogP contribution in [0.1, 0.15) is 40.5 Å². The average Bonchev–Trinajstić information content (AvgIpc) is 2.16. The van der Waals surface area contributed by atoms with Gasteiger partial charge >= 0.3 is 0 Å². The minimum Gasteiger partial charge on any atom is -0.473 e. The van der Waals surface area contributed by atoms with Gasteiger partial charge in [-0.15, -0.1) is 0 Å². The van der Waals surface area contributed by atoms with Crippen LogP contribution in [0.4, 0.5) is 0 Å². The van der Waals surface area contributed by atoms with Crippen molar-refractivity contribution in [2.45, 2.75) is 40.5 Å². The molecule has 0 N–H and O–H groups in total. The summed E-state index contributed by atoms with van der Waals surface area (Å²) in [6, 6.07) is 0. The van der Waals surface area contributed by atoms with Crippen molar-refractivity contribution < 1.29 is 4.74 Å². The van der Waals surface area contributed by atoms with E-state index in [9.17, 15) is 0 Å². The Morgan fingerprint density at radius 2 is 1.31 bits per heavy atom. The predicted octanol–water partition coefficient (Wildman–Crippen LogP) is 4.12. The minimum atomic E-state index is 0.608. The fourth-order valence-electron chi connectivity index (χ4n) is 0.676. The Labute approximate surface area is 82.5 Å². The first kappa shape index (κ1) is 12.3. The van der Waals surface area contributed by atoms with Gasteiger partial charge in [-0.3, -0.25) is 0 Å². The lowest BCUT2D eigenvalue weighted by Crippen LogP contribution is -1.85. The van der Waals surface area contributed by atoms with Gasteiger partial charge in [0.25, 0.3) is 0 Å². The van der Waals surface area contributed by atoms with E-state index in [0.717, 1.165) is 12.8 Å². The van der Waals surface area contributed by atoms with E-state index in [-0.39, 0.29) is 0 Å². The van der Waals surface area contributed by atoms with E-state index in [1.54, 1.807) is 12.5 Å². The van der Waals surface area contributed by atoms with Gasteiger partial charge in [0.15, 0.2) is 0 Å². The smallest absolute Gasteiger partial charge is 0.0864 e. The highest BCUT2D eigenvalue weighted by molar-refractivity contribution is 4.84. The van der Waals surface area contributed by atoms with Crippen molar-refractivity contribution in [2.75, 3.05) is 0 Å². The summed E-state index contributed by atoms with van der Waals surface area (Å²) in [6.07, 6.45) is 10.0. The Balaban J connectivity index is 3.54. The summed E-state index contributed by atoms with van der Waals surface area (Å²) < 4.78 is 5.22. The van der Waals surface area contributed by atoms with E-state index in [1.165, 1.54) is 0 Å². The molecule has 1 nitrogen and oxygen atoms in total. The van der Waals surface area contributed by atoms with Crippen LogP contribution >= 0.6 is 0 Å². The number of allylic oxidation sites excluding steroid dienone is 2. The fraction of sp³-hybridized carbons (Fsp3) is 0.667. The molecule has 0 saturated carbocycles. The van der Waals surface area contributed by atoms with Gasteiger partial charge in [0, 0.05) is 0 Å². The maximum Gasteiger partial charge on any atom is 0.0864 e. The lowest BCUT2D eigenvalue weighted by atomic mass is 10.1. The van der Waals surface area contributed by atoms with Crippen LogP contribution in [0.5, 0.6) is 0 Å². The standard InChI is InChI=1S/C12H22O/c1-5-11(3)7-9-13-10-8-12(4)6-2/h7-12H,5-6H2,1-4H3. The Morgan fingerprint density at radius 1 is 0.923 bits per heavy atom. The van der Waals surface area contributed by atoms with E-state index >= 15 is 0 Å². The Hall–Kier alpha value is -0.720. The highest BCUT2D eigenvalue weighted by atomic mass is 16.5. The van der Waals surface area contributed by atoms with Crippen molar-refractivity contribution in [3.8, 4) is 0 Å². The third kappa shape index (κ3) is 7.63. The normalized spacial score (nSPS) is 16.6. The Bertz CT molecular complexity index is 141. The van der Waals surface area contributed by atoms with Crippen LogP contribution in [0.3, 0.4) is 0 Å². The molecule has 1 heteroatoms. The third-order valence-electron chi connectivity index (χ3n) is 2.26. The molecular weight excluding hydrogens is 160 g/mol. The summed E-state index contributed by atoms with van der Waals surface area (Å²) in [6.45, 7) is 8.70. The van der Waals surface area contributed by atoms with Gasteiger partial charge in [0.1, 0.15) is 0 Å². The van der Waals surface area contributed by atoms with Gasteiger partial charge in [-0.2, -0.15) is 0 Å². The van der Waals surface area contributed by atoms with E-state index in [4.69, 9.17) is 4.74 Å². The van der Waals surface area contributed by atoms with Crippen molar-refractivity contribution in [1.82, 2.24) is 0 Å². The maximum atomic E-state index is 5.22. The first-order chi connectivity index (χ1) is 6.20. The summed E-state index contributed by atoms with van der Waals surface area (Å²) in [5.74, 6) is 1.22. The summed E-state index contributed by atoms with van der Waals surface area (Å²) in [7, 11) is 0. The Kier molecular flexibility index (Phi) is 7.47. The molecule has 2 atom stereocenters. The quantitative estimate of drug-likeness (QED) is 0.561. The molecule has 0 aliphatic heterocycles. The molecule has 0 amide bonds. The number of rotatable bonds is 6. The lowest BCUT2D eigenvalue weighted by Gasteiger charge is -2.00. The largest absolute Gasteiger partial charge is 0.473 e. The topological polar surface area (TPSA) is 9.23 Å². The van der Waals surface area contributed by atoms with Crippen LogP contribution in [-0.4, -0.2) is 0 Å². The SMILES string of the molecule is CCC(C)C=COC=CC(C)CC. The molecule has 0 aliphatic carbocycles. The summed E-state index contributed by atoms with van der Waals surface area (Å²) >= 11 is 0. The second kappa shape index (κ2) is 7.90. The van der Waals surface area contributed by atoms with Crippen molar-refractivity contribution >= 4 is 0 Å². The van der Waals surface area contributed by atoms with E-state index in [2.05, 4.69) is 39.8 Å². The molecule has 0 spiro atoms. The lowest BCUT2D eigenvalue weighted by molar-refractivity contribution is 0.391. The first-order valence-corrected chi connectivity index (χ1v) is 5.19. The molecule has 0 heterocycles. The minimum absolute atomic E-state index is 0.608. The van der Waals surface area contributed by atoms with E-state index in [0.29, 0.717) is 11.8 Å². The van der Waals surface area contributed by atoms with Crippen molar-refractivity contribution in [3.05, 3.63) is 24.7 Å². The van der Waals surface area contributed by atoms with Gasteiger partial charge in [0.05, 0.1) is 12.5 Å². The van der Waals surface area contributed by atoms with Crippen LogP contribution in [0.15, 0.2) is 24.7 Å². The van der Waals surface area contributed by atoms with Crippen LogP contribution in [0.25, 0.3) is 0 Å². The average molecular weight is 182 g/mol. The van der Waals surface area contributed by atoms with Crippen molar-refractivity contribution in [1.29, 1.82) is 0 Å². The second-order valence-electron chi connectivity index (χ2n) is 3.56. The third-order valence-corrected chi connectivity index (χ3v) is 2.26. The maximum absolute atomic E-state index is 5.22. The summed E-state index contributed by atoms with van der Waals surface area (Å²) in [4.78, 5) is 0. The van der Waals surface area contributed by atoms with Crippen LogP contribution in [0.2, 0.25) is 0 Å². The van der Waals surface area contributed by atoms with Crippen LogP contribution < -0.4 is 0 Å². The monoisotopic (exact) mass is 182 g/mol. The van der Waals surface area contributed by atoms with E-state index < -0.39 is 0 Å². The second-order valence-corrected chi connectivity index (χ2v) is 3.56. The van der Waals surface area contributed by atoms with Gasteiger partial charge in [-0.05, 0) is 36.8 Å². The highest BCUT2D eigenvalue weighted by Gasteiger charge is 1.90. The molecule has 0 aromatic rings. The van der Waals surface area contributed by atoms with Crippen molar-refractivity contribution in [2.24, 2.45) is 11.8 Å². The summed E-state index contributed by atoms with van der Waals surface area (Å²) in [5.41, 5.74) is 0. The molecule has 2 unspecified atom stereocenters. The molecule has 0 fully saturated rings. The van der Waals surface area contributed by atoms with Gasteiger partial charge in [0.2, 0.25) is 0 Å². The molecule has 0 aliphatic rings. The molecule has 0 aromatic heterocycles. The first-order valence-electron chi connectivity index (χ1n) is 5.19. The van der Waals surface area contributed by atoms with Gasteiger partial charge in [-0.1, -0.05) is 27.7 Å². The molecule has 76 valence electrons. The highest BCUT2D eigenvalue weighted by Crippen LogP contribution is 2.04. The zero-order valence-corrected chi connectivity index (χ0v) is 9.29. The number of hydrogen-bond acceptors (Lipinski definition) is 1. The van der Waals surface area contributed by atoms with Gasteiger partial charge in [-0.25, -0.2) is 0 Å². The zero-order chi connectivity index (χ0) is 10.1. The number of ether oxygens (including phenoxy) is 1. The molecule has 0 bridgehead atoms. The van der Waals surface area contributed by atoms with Gasteiger partial charge < -0.3 is 4.74 Å². The Morgan fingerprint density at radius 3 is 1.62 bits per heavy atom. The fourth-order valence-corrected chi connectivity index (χ4v) is 0.676. The number of hydrogen-bond donors (Lipinski definition) is 0. The molecular formula is C12H22O. The molecule has 0 rings (SSSR count). The predicted molar refractivity (Wildman–Crippen MR) is 58.3 cm³/mol. The molecule has 0 saturated heterocycles. The van der Waals surface area contributed by atoms with E-state index in [1.807, 2.05) is 0 Å². The zero-order valence-electron chi connectivity index (χ0n) is 9.29.